The molecule has 5 heteroatoms. The number of amides is 2. The van der Waals surface area contributed by atoms with Crippen LogP contribution >= 0.6 is 0 Å². The lowest BCUT2D eigenvalue weighted by atomic mass is 10.1. The molecular weight excluding hydrogens is 328 g/mol. The molecule has 134 valence electrons. The lowest BCUT2D eigenvalue weighted by Gasteiger charge is -2.34. The van der Waals surface area contributed by atoms with Crippen LogP contribution in [0, 0.1) is 0 Å². The smallest absolute Gasteiger partial charge is 0.253 e. The Bertz CT molecular complexity index is 764. The highest BCUT2D eigenvalue weighted by Crippen LogP contribution is 2.16. The van der Waals surface area contributed by atoms with Gasteiger partial charge in [0.15, 0.2) is 0 Å². The highest BCUT2D eigenvalue weighted by atomic mass is 16.5. The van der Waals surface area contributed by atoms with Gasteiger partial charge in [-0.3, -0.25) is 9.59 Å². The van der Waals surface area contributed by atoms with Gasteiger partial charge in [0.25, 0.3) is 11.8 Å². The van der Waals surface area contributed by atoms with Crippen molar-refractivity contribution < 1.29 is 14.3 Å². The molecule has 2 amide bonds. The Morgan fingerprint density at radius 1 is 0.846 bits per heavy atom. The molecule has 0 aliphatic carbocycles. The van der Waals surface area contributed by atoms with Gasteiger partial charge in [0, 0.05) is 37.3 Å². The van der Waals surface area contributed by atoms with Crippen molar-refractivity contribution >= 4 is 11.8 Å². The zero-order valence-electron chi connectivity index (χ0n) is 14.6. The van der Waals surface area contributed by atoms with Gasteiger partial charge in [-0.1, -0.05) is 30.9 Å². The number of carbonyl (C=O) groups excluding carboxylic acids is 2. The van der Waals surface area contributed by atoms with E-state index in [1.807, 2.05) is 30.3 Å². The Morgan fingerprint density at radius 3 is 1.85 bits per heavy atom. The van der Waals surface area contributed by atoms with Crippen LogP contribution in [0.2, 0.25) is 0 Å². The fraction of sp³-hybridized carbons (Fsp3) is 0.238. The van der Waals surface area contributed by atoms with Crippen molar-refractivity contribution in [2.24, 2.45) is 0 Å². The SMILES string of the molecule is C=CCOc1ccc(C(=O)N2CCN(C(=O)c3ccccc3)CC2)cc1. The van der Waals surface area contributed by atoms with Gasteiger partial charge in [0.05, 0.1) is 0 Å². The van der Waals surface area contributed by atoms with E-state index in [1.165, 1.54) is 0 Å². The molecule has 2 aromatic rings. The molecule has 1 heterocycles. The number of benzene rings is 2. The molecule has 0 unspecified atom stereocenters. The summed E-state index contributed by atoms with van der Waals surface area (Å²) in [7, 11) is 0. The second-order valence-electron chi connectivity index (χ2n) is 6.07. The van der Waals surface area contributed by atoms with Gasteiger partial charge in [-0.2, -0.15) is 0 Å². The zero-order valence-corrected chi connectivity index (χ0v) is 14.6. The third kappa shape index (κ3) is 4.11. The van der Waals surface area contributed by atoms with E-state index < -0.39 is 0 Å². The van der Waals surface area contributed by atoms with Crippen molar-refractivity contribution in [2.75, 3.05) is 32.8 Å². The van der Waals surface area contributed by atoms with Gasteiger partial charge in [-0.25, -0.2) is 0 Å². The van der Waals surface area contributed by atoms with Crippen molar-refractivity contribution in [3.63, 3.8) is 0 Å². The maximum Gasteiger partial charge on any atom is 0.253 e. The van der Waals surface area contributed by atoms with Crippen LogP contribution in [0.1, 0.15) is 20.7 Å². The molecule has 0 atom stereocenters. The van der Waals surface area contributed by atoms with Crippen molar-refractivity contribution in [3.05, 3.63) is 78.4 Å². The summed E-state index contributed by atoms with van der Waals surface area (Å²) in [4.78, 5) is 28.7. The number of hydrogen-bond acceptors (Lipinski definition) is 3. The monoisotopic (exact) mass is 350 g/mol. The third-order valence-electron chi connectivity index (χ3n) is 4.34. The topological polar surface area (TPSA) is 49.9 Å². The lowest BCUT2D eigenvalue weighted by molar-refractivity contribution is 0.0535. The second kappa shape index (κ2) is 8.34. The molecule has 0 bridgehead atoms. The van der Waals surface area contributed by atoms with Crippen LogP contribution in [-0.2, 0) is 0 Å². The normalized spacial score (nSPS) is 14.0. The average Bonchev–Trinajstić information content (AvgIpc) is 2.72. The summed E-state index contributed by atoms with van der Waals surface area (Å²) in [6, 6.07) is 16.3. The molecule has 1 aliphatic heterocycles. The first kappa shape index (κ1) is 17.7. The molecule has 2 aromatic carbocycles. The van der Waals surface area contributed by atoms with Gasteiger partial charge in [0.2, 0.25) is 0 Å². The van der Waals surface area contributed by atoms with Crippen molar-refractivity contribution in [1.29, 1.82) is 0 Å². The largest absolute Gasteiger partial charge is 0.490 e. The number of ether oxygens (including phenoxy) is 1. The molecular formula is C21H22N2O3. The molecule has 1 saturated heterocycles. The molecule has 0 aromatic heterocycles. The molecule has 0 saturated carbocycles. The first-order valence-corrected chi connectivity index (χ1v) is 8.66. The second-order valence-corrected chi connectivity index (χ2v) is 6.07. The van der Waals surface area contributed by atoms with Crippen LogP contribution in [0.3, 0.4) is 0 Å². The zero-order chi connectivity index (χ0) is 18.4. The van der Waals surface area contributed by atoms with Crippen molar-refractivity contribution in [3.8, 4) is 5.75 Å². The fourth-order valence-corrected chi connectivity index (χ4v) is 2.91. The number of carbonyl (C=O) groups is 2. The summed E-state index contributed by atoms with van der Waals surface area (Å²) < 4.78 is 5.43. The predicted molar refractivity (Wildman–Crippen MR) is 100 cm³/mol. The van der Waals surface area contributed by atoms with Gasteiger partial charge in [-0.15, -0.1) is 0 Å². The summed E-state index contributed by atoms with van der Waals surface area (Å²) in [5, 5.41) is 0. The molecule has 1 fully saturated rings. The van der Waals surface area contributed by atoms with E-state index in [0.29, 0.717) is 49.7 Å². The first-order valence-electron chi connectivity index (χ1n) is 8.66. The standard InChI is InChI=1S/C21H22N2O3/c1-2-16-26-19-10-8-18(9-11-19)21(25)23-14-12-22(13-15-23)20(24)17-6-4-3-5-7-17/h2-11H,1,12-16H2. The van der Waals surface area contributed by atoms with E-state index in [9.17, 15) is 9.59 Å². The van der Waals surface area contributed by atoms with Crippen molar-refractivity contribution in [2.45, 2.75) is 0 Å². The maximum atomic E-state index is 12.6. The van der Waals surface area contributed by atoms with E-state index >= 15 is 0 Å². The summed E-state index contributed by atoms with van der Waals surface area (Å²) >= 11 is 0. The fourth-order valence-electron chi connectivity index (χ4n) is 2.91. The van der Waals surface area contributed by atoms with Gasteiger partial charge >= 0.3 is 0 Å². The molecule has 0 spiro atoms. The minimum absolute atomic E-state index is 0.0152. The Kier molecular flexibility index (Phi) is 5.69. The van der Waals surface area contributed by atoms with E-state index in [4.69, 9.17) is 4.74 Å². The minimum Gasteiger partial charge on any atom is -0.490 e. The average molecular weight is 350 g/mol. The van der Waals surface area contributed by atoms with Gasteiger partial charge < -0.3 is 14.5 Å². The van der Waals surface area contributed by atoms with Crippen LogP contribution in [-0.4, -0.2) is 54.4 Å². The lowest BCUT2D eigenvalue weighted by Crippen LogP contribution is -2.50. The van der Waals surface area contributed by atoms with Crippen LogP contribution in [0.4, 0.5) is 0 Å². The van der Waals surface area contributed by atoms with Gasteiger partial charge in [0.1, 0.15) is 12.4 Å². The van der Waals surface area contributed by atoms with Crippen LogP contribution in [0.15, 0.2) is 67.3 Å². The van der Waals surface area contributed by atoms with E-state index in [2.05, 4.69) is 6.58 Å². The van der Waals surface area contributed by atoms with Crippen molar-refractivity contribution in [1.82, 2.24) is 9.80 Å². The first-order chi connectivity index (χ1) is 12.7. The third-order valence-corrected chi connectivity index (χ3v) is 4.34. The number of piperazine rings is 1. The maximum absolute atomic E-state index is 12.6. The minimum atomic E-state index is -0.0212. The Hall–Kier alpha value is -3.08. The van der Waals surface area contributed by atoms with Crippen LogP contribution in [0.25, 0.3) is 0 Å². The summed E-state index contributed by atoms with van der Waals surface area (Å²) in [6.07, 6.45) is 1.68. The van der Waals surface area contributed by atoms with Crippen LogP contribution in [0.5, 0.6) is 5.75 Å². The Morgan fingerprint density at radius 2 is 1.35 bits per heavy atom. The molecule has 5 nitrogen and oxygen atoms in total. The molecule has 3 rings (SSSR count). The highest BCUT2D eigenvalue weighted by molar-refractivity contribution is 5.96. The number of hydrogen-bond donors (Lipinski definition) is 0. The highest BCUT2D eigenvalue weighted by Gasteiger charge is 2.25. The van der Waals surface area contributed by atoms with E-state index in [1.54, 1.807) is 40.1 Å². The Labute approximate surface area is 153 Å². The number of nitrogens with zero attached hydrogens (tertiary/aromatic N) is 2. The molecule has 0 radical (unpaired) electrons. The Balaban J connectivity index is 1.56. The summed E-state index contributed by atoms with van der Waals surface area (Å²) in [6.45, 7) is 6.19. The predicted octanol–water partition coefficient (Wildman–Crippen LogP) is 2.85. The molecule has 0 N–H and O–H groups in total. The van der Waals surface area contributed by atoms with Crippen LogP contribution < -0.4 is 4.74 Å². The van der Waals surface area contributed by atoms with Gasteiger partial charge in [-0.05, 0) is 36.4 Å². The van der Waals surface area contributed by atoms with E-state index in [-0.39, 0.29) is 11.8 Å². The number of rotatable bonds is 5. The molecule has 1 aliphatic rings. The summed E-state index contributed by atoms with van der Waals surface area (Å²) in [5.74, 6) is 0.702. The quantitative estimate of drug-likeness (QED) is 0.779. The molecule has 26 heavy (non-hydrogen) atoms. The summed E-state index contributed by atoms with van der Waals surface area (Å²) in [5.41, 5.74) is 1.31. The van der Waals surface area contributed by atoms with E-state index in [0.717, 1.165) is 0 Å².